The van der Waals surface area contributed by atoms with Crippen molar-refractivity contribution < 1.29 is 19.2 Å². The highest BCUT2D eigenvalue weighted by molar-refractivity contribution is 6.55. The highest BCUT2D eigenvalue weighted by atomic mass is 35.5. The van der Waals surface area contributed by atoms with Gasteiger partial charge in [0.2, 0.25) is 0 Å². The maximum Gasteiger partial charge on any atom is 0.338 e. The van der Waals surface area contributed by atoms with Gasteiger partial charge in [0.05, 0.1) is 16.3 Å². The van der Waals surface area contributed by atoms with Crippen LogP contribution in [0, 0.1) is 0 Å². The van der Waals surface area contributed by atoms with Gasteiger partial charge in [-0.1, -0.05) is 41.0 Å². The molecule has 3 rings (SSSR count). The molecule has 0 fully saturated rings. The molecule has 0 atom stereocenters. The summed E-state index contributed by atoms with van der Waals surface area (Å²) in [6.07, 6.45) is 0. The van der Waals surface area contributed by atoms with E-state index in [-0.39, 0.29) is 24.2 Å². The van der Waals surface area contributed by atoms with Gasteiger partial charge in [-0.05, 0) is 44.5 Å². The van der Waals surface area contributed by atoms with Crippen LogP contribution < -0.4 is 5.32 Å². The number of hydrogen-bond donors (Lipinski definition) is 1. The number of nitrogens with zero attached hydrogens (tertiary/aromatic N) is 1. The van der Waals surface area contributed by atoms with E-state index in [4.69, 9.17) is 21.2 Å². The van der Waals surface area contributed by atoms with Crippen molar-refractivity contribution in [2.75, 3.05) is 5.32 Å². The Labute approximate surface area is 162 Å². The van der Waals surface area contributed by atoms with Crippen LogP contribution in [0.3, 0.4) is 0 Å². The summed E-state index contributed by atoms with van der Waals surface area (Å²) in [6, 6.07) is 12.0. The molecule has 27 heavy (non-hydrogen) atoms. The second-order valence-corrected chi connectivity index (χ2v) is 7.44. The van der Waals surface area contributed by atoms with Gasteiger partial charge in [-0.2, -0.15) is 0 Å². The minimum absolute atomic E-state index is 0.154. The van der Waals surface area contributed by atoms with Crippen molar-refractivity contribution in [3.05, 3.63) is 64.2 Å². The van der Waals surface area contributed by atoms with Crippen molar-refractivity contribution in [3.8, 4) is 0 Å². The van der Waals surface area contributed by atoms with Gasteiger partial charge >= 0.3 is 5.97 Å². The molecule has 6 nitrogen and oxygen atoms in total. The molecule has 0 saturated heterocycles. The van der Waals surface area contributed by atoms with Gasteiger partial charge in [0, 0.05) is 5.56 Å². The van der Waals surface area contributed by atoms with E-state index < -0.39 is 5.60 Å². The van der Waals surface area contributed by atoms with Crippen molar-refractivity contribution in [3.63, 3.8) is 0 Å². The molecule has 2 aromatic carbocycles. The maximum absolute atomic E-state index is 12.0. The van der Waals surface area contributed by atoms with Crippen molar-refractivity contribution in [2.24, 2.45) is 5.16 Å². The zero-order valence-electron chi connectivity index (χ0n) is 15.2. The summed E-state index contributed by atoms with van der Waals surface area (Å²) >= 11 is 6.06. The van der Waals surface area contributed by atoms with Crippen molar-refractivity contribution in [1.29, 1.82) is 0 Å². The number of carbonyl (C=O) groups excluding carboxylic acids is 2. The van der Waals surface area contributed by atoms with Crippen LogP contribution >= 0.6 is 11.6 Å². The molecule has 0 radical (unpaired) electrons. The van der Waals surface area contributed by atoms with Gasteiger partial charge in [-0.15, -0.1) is 0 Å². The highest BCUT2D eigenvalue weighted by Gasteiger charge is 2.28. The first-order valence-electron chi connectivity index (χ1n) is 8.37. The third-order valence-electron chi connectivity index (χ3n) is 3.70. The summed E-state index contributed by atoms with van der Waals surface area (Å²) in [4.78, 5) is 29.4. The van der Waals surface area contributed by atoms with Crippen LogP contribution in [0.4, 0.5) is 5.69 Å². The normalized spacial score (nSPS) is 14.7. The molecule has 0 aliphatic carbocycles. The predicted octanol–water partition coefficient (Wildman–Crippen LogP) is 4.17. The second-order valence-electron chi connectivity index (χ2n) is 7.03. The molecule has 1 aliphatic rings. The first-order valence-corrected chi connectivity index (χ1v) is 8.75. The number of oxime groups is 1. The lowest BCUT2D eigenvalue weighted by Crippen LogP contribution is -2.23. The molecule has 0 aromatic heterocycles. The number of halogens is 1. The number of rotatable bonds is 4. The van der Waals surface area contributed by atoms with Crippen LogP contribution in [-0.4, -0.2) is 23.2 Å². The Morgan fingerprint density at radius 1 is 1.15 bits per heavy atom. The lowest BCUT2D eigenvalue weighted by molar-refractivity contribution is -0.110. The Morgan fingerprint density at radius 3 is 2.52 bits per heavy atom. The number of anilines is 1. The number of amides is 1. The van der Waals surface area contributed by atoms with Gasteiger partial charge in [-0.3, -0.25) is 4.79 Å². The van der Waals surface area contributed by atoms with E-state index in [0.29, 0.717) is 21.8 Å². The minimum atomic E-state index is -0.546. The number of carbonyl (C=O) groups is 2. The van der Waals surface area contributed by atoms with Crippen LogP contribution in [0.25, 0.3) is 0 Å². The zero-order chi connectivity index (χ0) is 19.6. The van der Waals surface area contributed by atoms with E-state index in [1.165, 1.54) is 0 Å². The van der Waals surface area contributed by atoms with E-state index in [1.807, 2.05) is 20.8 Å². The van der Waals surface area contributed by atoms with Crippen LogP contribution in [0.5, 0.6) is 0 Å². The average molecular weight is 387 g/mol. The standard InChI is InChI=1S/C20H19ClN2O4/c1-20(2,3)27-19(25)13-9-7-12(8-10-13)11-26-23-17-14-5-4-6-15(21)16(14)22-18(17)24/h4-10H,11H2,1-3H3,(H,22,23,24). The second kappa shape index (κ2) is 7.40. The Hall–Kier alpha value is -2.86. The monoisotopic (exact) mass is 386 g/mol. The fourth-order valence-corrected chi connectivity index (χ4v) is 2.70. The van der Waals surface area contributed by atoms with E-state index >= 15 is 0 Å². The molecule has 1 aliphatic heterocycles. The lowest BCUT2D eigenvalue weighted by atomic mass is 10.1. The molecule has 7 heteroatoms. The summed E-state index contributed by atoms with van der Waals surface area (Å²) in [7, 11) is 0. The smallest absolute Gasteiger partial charge is 0.338 e. The number of para-hydroxylation sites is 1. The molecule has 140 valence electrons. The predicted molar refractivity (Wildman–Crippen MR) is 103 cm³/mol. The largest absolute Gasteiger partial charge is 0.456 e. The van der Waals surface area contributed by atoms with Gasteiger partial charge in [-0.25, -0.2) is 4.79 Å². The Morgan fingerprint density at radius 2 is 1.85 bits per heavy atom. The number of hydrogen-bond acceptors (Lipinski definition) is 5. The SMILES string of the molecule is CC(C)(C)OC(=O)c1ccc(CO/N=C2\C(=O)Nc3c(Cl)cccc32)cc1. The van der Waals surface area contributed by atoms with Gasteiger partial charge in [0.15, 0.2) is 5.71 Å². The molecular weight excluding hydrogens is 368 g/mol. The molecule has 1 amide bonds. The number of fused-ring (bicyclic) bond motifs is 1. The average Bonchev–Trinajstić information content (AvgIpc) is 2.91. The number of nitrogens with one attached hydrogen (secondary N) is 1. The maximum atomic E-state index is 12.0. The topological polar surface area (TPSA) is 77.0 Å². The number of benzene rings is 2. The summed E-state index contributed by atoms with van der Waals surface area (Å²) < 4.78 is 5.32. The first-order chi connectivity index (χ1) is 12.7. The molecular formula is C20H19ClN2O4. The van der Waals surface area contributed by atoms with Crippen molar-refractivity contribution in [1.82, 2.24) is 0 Å². The molecule has 0 bridgehead atoms. The quantitative estimate of drug-likeness (QED) is 0.632. The van der Waals surface area contributed by atoms with E-state index in [0.717, 1.165) is 5.56 Å². The van der Waals surface area contributed by atoms with Gasteiger partial charge in [0.1, 0.15) is 12.2 Å². The van der Waals surface area contributed by atoms with Crippen LogP contribution in [0.15, 0.2) is 47.6 Å². The van der Waals surface area contributed by atoms with Gasteiger partial charge in [0.25, 0.3) is 5.91 Å². The fraction of sp³-hybridized carbons (Fsp3) is 0.250. The van der Waals surface area contributed by atoms with E-state index in [9.17, 15) is 9.59 Å². The summed E-state index contributed by atoms with van der Waals surface area (Å²) in [5.74, 6) is -0.746. The summed E-state index contributed by atoms with van der Waals surface area (Å²) in [5.41, 5.74) is 2.03. The van der Waals surface area contributed by atoms with Crippen LogP contribution in [0.2, 0.25) is 5.02 Å². The Bertz CT molecular complexity index is 915. The van der Waals surface area contributed by atoms with Gasteiger partial charge < -0.3 is 14.9 Å². The third kappa shape index (κ3) is 4.46. The molecule has 0 unspecified atom stereocenters. The molecule has 1 N–H and O–H groups in total. The Balaban J connectivity index is 1.65. The third-order valence-corrected chi connectivity index (χ3v) is 4.01. The van der Waals surface area contributed by atoms with Crippen LogP contribution in [0.1, 0.15) is 42.3 Å². The van der Waals surface area contributed by atoms with Crippen LogP contribution in [-0.2, 0) is 21.0 Å². The minimum Gasteiger partial charge on any atom is -0.456 e. The molecule has 2 aromatic rings. The molecule has 1 heterocycles. The fourth-order valence-electron chi connectivity index (χ4n) is 2.48. The van der Waals surface area contributed by atoms with Crippen molar-refractivity contribution in [2.45, 2.75) is 33.0 Å². The van der Waals surface area contributed by atoms with Crippen molar-refractivity contribution >= 4 is 34.9 Å². The zero-order valence-corrected chi connectivity index (χ0v) is 16.0. The highest BCUT2D eigenvalue weighted by Crippen LogP contribution is 2.31. The molecule has 0 saturated carbocycles. The number of ether oxygens (including phenoxy) is 1. The number of esters is 1. The summed E-state index contributed by atoms with van der Waals surface area (Å²) in [6.45, 7) is 5.60. The lowest BCUT2D eigenvalue weighted by Gasteiger charge is -2.19. The first kappa shape index (κ1) is 18.9. The van der Waals surface area contributed by atoms with E-state index in [2.05, 4.69) is 10.5 Å². The molecule has 0 spiro atoms. The summed E-state index contributed by atoms with van der Waals surface area (Å²) in [5, 5.41) is 7.06. The van der Waals surface area contributed by atoms with E-state index in [1.54, 1.807) is 42.5 Å². The Kier molecular flexibility index (Phi) is 5.19.